The van der Waals surface area contributed by atoms with E-state index < -0.39 is 0 Å². The standard InChI is InChI=1S/C17H15BrN2S/c18-13-7-5-12(6-8-13)17(10-19-11-17)9-16-20-14-3-1-2-4-15(14)21-16/h1-8,19H,9-11H2. The Hall–Kier alpha value is -1.23. The molecule has 1 aromatic heterocycles. The molecule has 0 spiro atoms. The van der Waals surface area contributed by atoms with Gasteiger partial charge in [-0.2, -0.15) is 0 Å². The van der Waals surface area contributed by atoms with Crippen molar-refractivity contribution in [1.82, 2.24) is 10.3 Å². The van der Waals surface area contributed by atoms with Crippen molar-refractivity contribution in [3.63, 3.8) is 0 Å². The lowest BCUT2D eigenvalue weighted by Gasteiger charge is -2.43. The van der Waals surface area contributed by atoms with E-state index in [-0.39, 0.29) is 5.41 Å². The number of fused-ring (bicyclic) bond motifs is 1. The SMILES string of the molecule is Brc1ccc(C2(Cc3nc4ccccc4s3)CNC2)cc1. The van der Waals surface area contributed by atoms with Gasteiger partial charge in [0.1, 0.15) is 0 Å². The Bertz CT molecular complexity index is 742. The molecule has 2 aromatic carbocycles. The van der Waals surface area contributed by atoms with Crippen molar-refractivity contribution in [3.8, 4) is 0 Å². The zero-order valence-corrected chi connectivity index (χ0v) is 13.9. The molecule has 21 heavy (non-hydrogen) atoms. The summed E-state index contributed by atoms with van der Waals surface area (Å²) < 4.78 is 2.42. The number of aromatic nitrogens is 1. The van der Waals surface area contributed by atoms with Crippen molar-refractivity contribution in [2.24, 2.45) is 0 Å². The smallest absolute Gasteiger partial charge is 0.0948 e. The predicted octanol–water partition coefficient (Wildman–Crippen LogP) is 4.14. The van der Waals surface area contributed by atoms with E-state index in [4.69, 9.17) is 4.98 Å². The fourth-order valence-electron chi connectivity index (χ4n) is 2.95. The van der Waals surface area contributed by atoms with Gasteiger partial charge in [0.2, 0.25) is 0 Å². The van der Waals surface area contributed by atoms with Crippen LogP contribution in [-0.2, 0) is 11.8 Å². The fraction of sp³-hybridized carbons (Fsp3) is 0.235. The van der Waals surface area contributed by atoms with E-state index in [1.54, 1.807) is 0 Å². The molecule has 2 nitrogen and oxygen atoms in total. The Morgan fingerprint density at radius 1 is 1.10 bits per heavy atom. The normalized spacial score (nSPS) is 16.8. The largest absolute Gasteiger partial charge is 0.315 e. The highest BCUT2D eigenvalue weighted by atomic mass is 79.9. The molecule has 0 aliphatic carbocycles. The molecule has 1 saturated heterocycles. The van der Waals surface area contributed by atoms with E-state index in [1.807, 2.05) is 11.3 Å². The number of thiazole rings is 1. The first-order valence-corrected chi connectivity index (χ1v) is 8.67. The Morgan fingerprint density at radius 3 is 2.52 bits per heavy atom. The van der Waals surface area contributed by atoms with Gasteiger partial charge in [-0.25, -0.2) is 4.98 Å². The Kier molecular flexibility index (Phi) is 3.32. The third-order valence-corrected chi connectivity index (χ3v) is 5.78. The maximum Gasteiger partial charge on any atom is 0.0948 e. The van der Waals surface area contributed by atoms with Gasteiger partial charge in [0.15, 0.2) is 0 Å². The molecule has 0 radical (unpaired) electrons. The van der Waals surface area contributed by atoms with E-state index in [9.17, 15) is 0 Å². The topological polar surface area (TPSA) is 24.9 Å². The summed E-state index contributed by atoms with van der Waals surface area (Å²) >= 11 is 5.34. The Morgan fingerprint density at radius 2 is 1.86 bits per heavy atom. The van der Waals surface area contributed by atoms with Gasteiger partial charge in [-0.15, -0.1) is 11.3 Å². The fourth-order valence-corrected chi connectivity index (χ4v) is 4.32. The summed E-state index contributed by atoms with van der Waals surface area (Å²) in [6.45, 7) is 2.06. The Balaban J connectivity index is 1.68. The molecular formula is C17H15BrN2S. The molecule has 2 heterocycles. The van der Waals surface area contributed by atoms with Crippen LogP contribution < -0.4 is 5.32 Å². The van der Waals surface area contributed by atoms with E-state index in [0.29, 0.717) is 0 Å². The van der Waals surface area contributed by atoms with Crippen molar-refractivity contribution in [3.05, 3.63) is 63.6 Å². The van der Waals surface area contributed by atoms with E-state index in [0.717, 1.165) is 29.5 Å². The lowest BCUT2D eigenvalue weighted by atomic mass is 9.73. The maximum absolute atomic E-state index is 4.80. The zero-order chi connectivity index (χ0) is 14.3. The highest BCUT2D eigenvalue weighted by Crippen LogP contribution is 2.35. The summed E-state index contributed by atoms with van der Waals surface area (Å²) in [4.78, 5) is 4.80. The summed E-state index contributed by atoms with van der Waals surface area (Å²) in [7, 11) is 0. The van der Waals surface area contributed by atoms with Gasteiger partial charge in [0.25, 0.3) is 0 Å². The highest BCUT2D eigenvalue weighted by molar-refractivity contribution is 9.10. The van der Waals surface area contributed by atoms with Crippen molar-refractivity contribution >= 4 is 37.5 Å². The van der Waals surface area contributed by atoms with Gasteiger partial charge in [0.05, 0.1) is 15.2 Å². The van der Waals surface area contributed by atoms with Gasteiger partial charge in [-0.1, -0.05) is 40.2 Å². The molecule has 1 fully saturated rings. The highest BCUT2D eigenvalue weighted by Gasteiger charge is 2.39. The zero-order valence-electron chi connectivity index (χ0n) is 11.5. The molecule has 3 aromatic rings. The third-order valence-electron chi connectivity index (χ3n) is 4.21. The number of rotatable bonds is 3. The monoisotopic (exact) mass is 358 g/mol. The summed E-state index contributed by atoms with van der Waals surface area (Å²) in [5, 5.41) is 4.67. The minimum atomic E-state index is 0.203. The van der Waals surface area contributed by atoms with Crippen LogP contribution in [0.3, 0.4) is 0 Å². The quantitative estimate of drug-likeness (QED) is 0.760. The molecule has 4 heteroatoms. The van der Waals surface area contributed by atoms with Gasteiger partial charge in [-0.05, 0) is 29.8 Å². The van der Waals surface area contributed by atoms with Gasteiger partial charge < -0.3 is 5.32 Å². The first-order chi connectivity index (χ1) is 10.3. The van der Waals surface area contributed by atoms with Crippen LogP contribution >= 0.6 is 27.3 Å². The van der Waals surface area contributed by atoms with Crippen LogP contribution in [0.25, 0.3) is 10.2 Å². The first kappa shape index (κ1) is 13.4. The number of para-hydroxylation sites is 1. The number of benzene rings is 2. The van der Waals surface area contributed by atoms with Crippen LogP contribution in [0, 0.1) is 0 Å². The molecule has 106 valence electrons. The van der Waals surface area contributed by atoms with Crippen LogP contribution in [0.15, 0.2) is 53.0 Å². The third kappa shape index (κ3) is 2.41. The van der Waals surface area contributed by atoms with E-state index in [1.165, 1.54) is 15.3 Å². The van der Waals surface area contributed by atoms with Crippen LogP contribution in [-0.4, -0.2) is 18.1 Å². The minimum Gasteiger partial charge on any atom is -0.315 e. The molecule has 4 rings (SSSR count). The number of nitrogens with zero attached hydrogens (tertiary/aromatic N) is 1. The lowest BCUT2D eigenvalue weighted by Crippen LogP contribution is -2.58. The van der Waals surface area contributed by atoms with Gasteiger partial charge >= 0.3 is 0 Å². The Labute approximate surface area is 136 Å². The summed E-state index contributed by atoms with van der Waals surface area (Å²) in [5.74, 6) is 0. The molecular weight excluding hydrogens is 344 g/mol. The number of hydrogen-bond acceptors (Lipinski definition) is 3. The van der Waals surface area contributed by atoms with E-state index in [2.05, 4.69) is 69.8 Å². The second-order valence-electron chi connectivity index (χ2n) is 5.64. The van der Waals surface area contributed by atoms with E-state index >= 15 is 0 Å². The maximum atomic E-state index is 4.80. The lowest BCUT2D eigenvalue weighted by molar-refractivity contribution is 0.274. The van der Waals surface area contributed by atoms with Crippen LogP contribution in [0.2, 0.25) is 0 Å². The summed E-state index contributed by atoms with van der Waals surface area (Å²) in [5.41, 5.74) is 2.73. The molecule has 1 aliphatic rings. The van der Waals surface area contributed by atoms with Crippen LogP contribution in [0.4, 0.5) is 0 Å². The summed E-state index contributed by atoms with van der Waals surface area (Å²) in [6, 6.07) is 17.1. The molecule has 1 aliphatic heterocycles. The van der Waals surface area contributed by atoms with Crippen molar-refractivity contribution in [2.45, 2.75) is 11.8 Å². The van der Waals surface area contributed by atoms with Crippen molar-refractivity contribution < 1.29 is 0 Å². The minimum absolute atomic E-state index is 0.203. The second kappa shape index (κ2) is 5.20. The van der Waals surface area contributed by atoms with Crippen molar-refractivity contribution in [2.75, 3.05) is 13.1 Å². The molecule has 1 N–H and O–H groups in total. The summed E-state index contributed by atoms with van der Waals surface area (Å²) in [6.07, 6.45) is 1.01. The molecule has 0 saturated carbocycles. The number of nitrogens with one attached hydrogen (secondary N) is 1. The van der Waals surface area contributed by atoms with Gasteiger partial charge in [-0.3, -0.25) is 0 Å². The van der Waals surface area contributed by atoms with Gasteiger partial charge in [0, 0.05) is 29.4 Å². The van der Waals surface area contributed by atoms with Crippen LogP contribution in [0.5, 0.6) is 0 Å². The molecule has 0 amide bonds. The molecule has 0 bridgehead atoms. The van der Waals surface area contributed by atoms with Crippen LogP contribution in [0.1, 0.15) is 10.6 Å². The predicted molar refractivity (Wildman–Crippen MR) is 92.0 cm³/mol. The number of hydrogen-bond donors (Lipinski definition) is 1. The first-order valence-electron chi connectivity index (χ1n) is 7.06. The average Bonchev–Trinajstić information content (AvgIpc) is 2.86. The average molecular weight is 359 g/mol. The van der Waals surface area contributed by atoms with Crippen molar-refractivity contribution in [1.29, 1.82) is 0 Å². The second-order valence-corrected chi connectivity index (χ2v) is 7.67. The molecule has 0 atom stereocenters. The molecule has 0 unspecified atom stereocenters. The number of halogens is 1.